The summed E-state index contributed by atoms with van der Waals surface area (Å²) >= 11 is 0. The van der Waals surface area contributed by atoms with E-state index in [0.29, 0.717) is 35.0 Å². The predicted octanol–water partition coefficient (Wildman–Crippen LogP) is 8.05. The zero-order chi connectivity index (χ0) is 27.7. The van der Waals surface area contributed by atoms with Crippen LogP contribution in [-0.2, 0) is 0 Å². The molecule has 2 aromatic carbocycles. The summed E-state index contributed by atoms with van der Waals surface area (Å²) in [5.41, 5.74) is 11.3. The van der Waals surface area contributed by atoms with Crippen molar-refractivity contribution in [3.63, 3.8) is 0 Å². The van der Waals surface area contributed by atoms with Gasteiger partial charge in [0.1, 0.15) is 11.3 Å². The molecule has 5 rings (SSSR count). The molecule has 0 aliphatic heterocycles. The lowest BCUT2D eigenvalue weighted by Crippen LogP contribution is -2.14. The number of nitrogens with one attached hydrogen (secondary N) is 1. The Kier molecular flexibility index (Phi) is 10.7. The van der Waals surface area contributed by atoms with Crippen LogP contribution in [0.25, 0.3) is 33.2 Å². The van der Waals surface area contributed by atoms with Crippen molar-refractivity contribution in [2.45, 2.75) is 92.5 Å². The summed E-state index contributed by atoms with van der Waals surface area (Å²) in [6.07, 6.45) is 12.0. The van der Waals surface area contributed by atoms with Crippen LogP contribution in [0.1, 0.15) is 103 Å². The Hall–Kier alpha value is -3.35. The Bertz CT molecular complexity index is 1310. The van der Waals surface area contributed by atoms with E-state index in [1.807, 2.05) is 33.2 Å². The molecule has 7 nitrogen and oxygen atoms in total. The highest BCUT2D eigenvalue weighted by atomic mass is 16.5. The van der Waals surface area contributed by atoms with Gasteiger partial charge in [0.2, 0.25) is 0 Å². The Balaban J connectivity index is 0.000000515. The molecule has 1 fully saturated rings. The summed E-state index contributed by atoms with van der Waals surface area (Å²) < 4.78 is 8.22. The van der Waals surface area contributed by atoms with Crippen LogP contribution in [0.2, 0.25) is 0 Å². The van der Waals surface area contributed by atoms with E-state index in [9.17, 15) is 4.79 Å². The van der Waals surface area contributed by atoms with E-state index in [1.165, 1.54) is 38.5 Å². The number of nitrogens with zero attached hydrogens (tertiary/aromatic N) is 3. The standard InChI is InChI=1S/C24H27N5O2.C5H12.C2H6/c1-2-10-31-20-12-17(22-23(27-13-26-22)21(20)24(25)30)15-8-9-19-18(11-15)28-14-29(19)16-6-4-3-5-7-16;1-4-5(2)3;1-2/h8-9,11-14,16H,2-7,10H2,1H3,(H2,25,30)(H,26,27);5H,4H2,1-3H3;1-2H3. The second-order valence-corrected chi connectivity index (χ2v) is 10.1. The van der Waals surface area contributed by atoms with Crippen molar-refractivity contribution in [1.82, 2.24) is 19.5 Å². The van der Waals surface area contributed by atoms with Gasteiger partial charge in [0, 0.05) is 11.6 Å². The van der Waals surface area contributed by atoms with Crippen LogP contribution in [0.5, 0.6) is 5.75 Å². The topological polar surface area (TPSA) is 98.8 Å². The smallest absolute Gasteiger partial charge is 0.254 e. The zero-order valence-corrected chi connectivity index (χ0v) is 24.0. The minimum absolute atomic E-state index is 0.340. The number of aromatic nitrogens is 4. The maximum absolute atomic E-state index is 12.2. The van der Waals surface area contributed by atoms with Crippen molar-refractivity contribution in [2.75, 3.05) is 6.61 Å². The van der Waals surface area contributed by atoms with Crippen LogP contribution >= 0.6 is 0 Å². The van der Waals surface area contributed by atoms with Gasteiger partial charge in [0.15, 0.2) is 0 Å². The molecular weight excluding hydrogens is 474 g/mol. The number of primary amides is 1. The van der Waals surface area contributed by atoms with Gasteiger partial charge in [0.25, 0.3) is 5.91 Å². The number of imidazole rings is 2. The Morgan fingerprint density at radius 2 is 1.84 bits per heavy atom. The summed E-state index contributed by atoms with van der Waals surface area (Å²) in [5.74, 6) is 0.831. The first-order valence-electron chi connectivity index (χ1n) is 14.3. The van der Waals surface area contributed by atoms with Gasteiger partial charge in [-0.1, -0.05) is 73.3 Å². The highest BCUT2D eigenvalue weighted by Gasteiger charge is 2.22. The first-order chi connectivity index (χ1) is 18.4. The summed E-state index contributed by atoms with van der Waals surface area (Å²) in [6.45, 7) is 13.2. The third kappa shape index (κ3) is 6.55. The summed E-state index contributed by atoms with van der Waals surface area (Å²) in [6, 6.07) is 8.73. The molecule has 0 atom stereocenters. The van der Waals surface area contributed by atoms with Crippen LogP contribution in [0, 0.1) is 5.92 Å². The van der Waals surface area contributed by atoms with Crippen molar-refractivity contribution < 1.29 is 9.53 Å². The van der Waals surface area contributed by atoms with Gasteiger partial charge < -0.3 is 20.0 Å². The lowest BCUT2D eigenvalue weighted by atomic mass is 9.95. The SMILES string of the molecule is CC.CCC(C)C.CCCOc1cc(-c2ccc3c(c2)ncn3C2CCCCC2)c2nc[nH]c2c1C(N)=O. The van der Waals surface area contributed by atoms with Gasteiger partial charge in [-0.05, 0) is 48.9 Å². The van der Waals surface area contributed by atoms with Gasteiger partial charge in [0.05, 0.1) is 41.3 Å². The molecule has 0 radical (unpaired) electrons. The molecule has 0 bridgehead atoms. The number of H-pyrrole nitrogens is 1. The van der Waals surface area contributed by atoms with Gasteiger partial charge >= 0.3 is 0 Å². The minimum Gasteiger partial charge on any atom is -0.493 e. The van der Waals surface area contributed by atoms with Crippen molar-refractivity contribution in [1.29, 1.82) is 0 Å². The molecule has 7 heteroatoms. The molecule has 1 aliphatic carbocycles. The first kappa shape index (κ1) is 29.2. The lowest BCUT2D eigenvalue weighted by Gasteiger charge is -2.23. The fraction of sp³-hybridized carbons (Fsp3) is 0.516. The van der Waals surface area contributed by atoms with Gasteiger partial charge in [-0.3, -0.25) is 4.79 Å². The number of hydrogen-bond acceptors (Lipinski definition) is 4. The number of fused-ring (bicyclic) bond motifs is 2. The third-order valence-electron chi connectivity index (χ3n) is 7.04. The molecule has 0 saturated heterocycles. The Labute approximate surface area is 227 Å². The normalized spacial score (nSPS) is 13.7. The molecule has 2 aromatic heterocycles. The Morgan fingerprint density at radius 3 is 2.47 bits per heavy atom. The number of rotatable bonds is 7. The number of benzene rings is 2. The Morgan fingerprint density at radius 1 is 1.13 bits per heavy atom. The molecule has 3 N–H and O–H groups in total. The molecule has 1 amide bonds. The van der Waals surface area contributed by atoms with Crippen LogP contribution in [0.15, 0.2) is 36.9 Å². The average Bonchev–Trinajstić information content (AvgIpc) is 3.60. The highest BCUT2D eigenvalue weighted by Crippen LogP contribution is 2.37. The maximum Gasteiger partial charge on any atom is 0.254 e. The number of aromatic amines is 1. The van der Waals surface area contributed by atoms with E-state index in [2.05, 4.69) is 53.5 Å². The third-order valence-corrected chi connectivity index (χ3v) is 7.04. The van der Waals surface area contributed by atoms with E-state index >= 15 is 0 Å². The second-order valence-electron chi connectivity index (χ2n) is 10.1. The number of nitrogens with two attached hydrogens (primary N) is 1. The fourth-order valence-electron chi connectivity index (χ4n) is 4.72. The van der Waals surface area contributed by atoms with Gasteiger partial charge in [-0.25, -0.2) is 9.97 Å². The average molecular weight is 520 g/mol. The molecule has 38 heavy (non-hydrogen) atoms. The summed E-state index contributed by atoms with van der Waals surface area (Å²) in [4.78, 5) is 24.4. The molecule has 1 aliphatic rings. The van der Waals surface area contributed by atoms with Gasteiger partial charge in [-0.15, -0.1) is 0 Å². The predicted molar refractivity (Wildman–Crippen MR) is 158 cm³/mol. The number of carbonyl (C=O) groups excluding carboxylic acids is 1. The van der Waals surface area contributed by atoms with Crippen molar-refractivity contribution in [3.8, 4) is 16.9 Å². The molecular formula is C31H45N5O2. The van der Waals surface area contributed by atoms with E-state index < -0.39 is 5.91 Å². The van der Waals surface area contributed by atoms with Crippen LogP contribution < -0.4 is 10.5 Å². The van der Waals surface area contributed by atoms with E-state index in [4.69, 9.17) is 15.5 Å². The van der Waals surface area contributed by atoms with Crippen LogP contribution in [0.3, 0.4) is 0 Å². The van der Waals surface area contributed by atoms with E-state index in [1.54, 1.807) is 6.33 Å². The zero-order valence-electron chi connectivity index (χ0n) is 24.0. The number of carbonyl (C=O) groups is 1. The van der Waals surface area contributed by atoms with E-state index in [0.717, 1.165) is 34.5 Å². The summed E-state index contributed by atoms with van der Waals surface area (Å²) in [7, 11) is 0. The molecule has 0 spiro atoms. The monoisotopic (exact) mass is 519 g/mol. The highest BCUT2D eigenvalue weighted by molar-refractivity contribution is 6.10. The van der Waals surface area contributed by atoms with Crippen molar-refractivity contribution in [2.24, 2.45) is 11.7 Å². The minimum atomic E-state index is -0.534. The van der Waals surface area contributed by atoms with Crippen LogP contribution in [0.4, 0.5) is 0 Å². The first-order valence-corrected chi connectivity index (χ1v) is 14.3. The van der Waals surface area contributed by atoms with Gasteiger partial charge in [-0.2, -0.15) is 0 Å². The fourth-order valence-corrected chi connectivity index (χ4v) is 4.72. The maximum atomic E-state index is 12.2. The molecule has 0 unspecified atom stereocenters. The largest absolute Gasteiger partial charge is 0.493 e. The molecule has 2 heterocycles. The molecule has 4 aromatic rings. The molecule has 206 valence electrons. The lowest BCUT2D eigenvalue weighted by molar-refractivity contribution is 0.0998. The van der Waals surface area contributed by atoms with Crippen molar-refractivity contribution in [3.05, 3.63) is 42.5 Å². The number of amides is 1. The number of hydrogen-bond donors (Lipinski definition) is 2. The number of ether oxygens (including phenoxy) is 1. The molecule has 1 saturated carbocycles. The quantitative estimate of drug-likeness (QED) is 0.258. The van der Waals surface area contributed by atoms with Crippen molar-refractivity contribution >= 4 is 28.0 Å². The van der Waals surface area contributed by atoms with E-state index in [-0.39, 0.29) is 0 Å². The van der Waals surface area contributed by atoms with Crippen LogP contribution in [-0.4, -0.2) is 32.0 Å². The second kappa shape index (κ2) is 14.0. The summed E-state index contributed by atoms with van der Waals surface area (Å²) in [5, 5.41) is 0.